The Labute approximate surface area is 179 Å². The Morgan fingerprint density at radius 1 is 1.00 bits per heavy atom. The fraction of sp³-hybridized carbons (Fsp3) is 0.261. The molecule has 0 aliphatic heterocycles. The number of halogens is 1. The summed E-state index contributed by atoms with van der Waals surface area (Å²) in [6, 6.07) is 13.2. The summed E-state index contributed by atoms with van der Waals surface area (Å²) < 4.78 is 1.36. The quantitative estimate of drug-likeness (QED) is 0.623. The van der Waals surface area contributed by atoms with Crippen molar-refractivity contribution in [1.29, 1.82) is 0 Å². The van der Waals surface area contributed by atoms with Crippen LogP contribution in [0.3, 0.4) is 0 Å². The highest BCUT2D eigenvalue weighted by molar-refractivity contribution is 6.30. The molecule has 0 bridgehead atoms. The summed E-state index contributed by atoms with van der Waals surface area (Å²) in [6.45, 7) is 5.47. The number of primary amides is 1. The van der Waals surface area contributed by atoms with Gasteiger partial charge in [-0.05, 0) is 48.7 Å². The first-order chi connectivity index (χ1) is 14.2. The first kappa shape index (κ1) is 21.6. The predicted molar refractivity (Wildman–Crippen MR) is 120 cm³/mol. The molecule has 6 nitrogen and oxygen atoms in total. The van der Waals surface area contributed by atoms with E-state index in [1.807, 2.05) is 26.0 Å². The van der Waals surface area contributed by atoms with Gasteiger partial charge in [-0.25, -0.2) is 0 Å². The molecule has 30 heavy (non-hydrogen) atoms. The summed E-state index contributed by atoms with van der Waals surface area (Å²) in [5.74, 6) is -1.31. The molecule has 0 aliphatic rings. The van der Waals surface area contributed by atoms with Gasteiger partial charge < -0.3 is 15.6 Å². The molecular weight excluding hydrogens is 402 g/mol. The zero-order valence-corrected chi connectivity index (χ0v) is 17.8. The lowest BCUT2D eigenvalue weighted by atomic mass is 10.00. The average molecular weight is 426 g/mol. The van der Waals surface area contributed by atoms with Crippen LogP contribution in [-0.2, 0) is 9.59 Å². The first-order valence-corrected chi connectivity index (χ1v) is 10.1. The Morgan fingerprint density at radius 3 is 2.27 bits per heavy atom. The lowest BCUT2D eigenvalue weighted by Gasteiger charge is -2.21. The SMILES string of the molecule is CC(C)[C@H](C(N)=O)n1ccc2c(NC(=O)[C@H](C)c3ccc(Cl)cc3)cccc2c1=O. The Bertz CT molecular complexity index is 1150. The molecule has 1 heterocycles. The van der Waals surface area contributed by atoms with Crippen LogP contribution in [0.15, 0.2) is 59.5 Å². The van der Waals surface area contributed by atoms with Gasteiger partial charge in [-0.1, -0.05) is 43.6 Å². The normalized spacial score (nSPS) is 13.2. The largest absolute Gasteiger partial charge is 0.368 e. The standard InChI is InChI=1S/C23H24ClN3O3/c1-13(2)20(21(25)28)27-12-11-17-18(23(27)30)5-4-6-19(17)26-22(29)14(3)15-7-9-16(24)10-8-15/h4-14,20H,1-3H3,(H2,25,28)(H,26,29)/t14-,20-/m1/s1. The number of carbonyl (C=O) groups excluding carboxylic acids is 2. The molecule has 1 aromatic heterocycles. The first-order valence-electron chi connectivity index (χ1n) is 9.70. The third-order valence-electron chi connectivity index (χ3n) is 5.22. The maximum atomic E-state index is 13.0. The number of fused-ring (bicyclic) bond motifs is 1. The summed E-state index contributed by atoms with van der Waals surface area (Å²) in [6.07, 6.45) is 1.55. The molecule has 0 radical (unpaired) electrons. The van der Waals surface area contributed by atoms with Crippen LogP contribution in [0.25, 0.3) is 10.8 Å². The molecular formula is C23H24ClN3O3. The van der Waals surface area contributed by atoms with E-state index in [1.54, 1.807) is 49.5 Å². The number of carbonyl (C=O) groups is 2. The van der Waals surface area contributed by atoms with Crippen LogP contribution in [0.2, 0.25) is 5.02 Å². The molecule has 0 spiro atoms. The minimum atomic E-state index is -0.745. The van der Waals surface area contributed by atoms with Gasteiger partial charge in [-0.15, -0.1) is 0 Å². The van der Waals surface area contributed by atoms with Crippen molar-refractivity contribution < 1.29 is 9.59 Å². The van der Waals surface area contributed by atoms with E-state index in [2.05, 4.69) is 5.32 Å². The predicted octanol–water partition coefficient (Wildman–Crippen LogP) is 4.08. The Balaban J connectivity index is 1.97. The number of nitrogens with two attached hydrogens (primary N) is 1. The van der Waals surface area contributed by atoms with E-state index < -0.39 is 17.9 Å². The third kappa shape index (κ3) is 4.24. The molecule has 2 atom stereocenters. The van der Waals surface area contributed by atoms with Crippen LogP contribution in [-0.4, -0.2) is 16.4 Å². The van der Waals surface area contributed by atoms with Gasteiger partial charge in [0.25, 0.3) is 5.56 Å². The maximum Gasteiger partial charge on any atom is 0.259 e. The Kier molecular flexibility index (Phi) is 6.27. The summed E-state index contributed by atoms with van der Waals surface area (Å²) in [5, 5.41) is 4.52. The molecule has 156 valence electrons. The molecule has 0 aliphatic carbocycles. The van der Waals surface area contributed by atoms with Gasteiger partial charge in [-0.2, -0.15) is 0 Å². The third-order valence-corrected chi connectivity index (χ3v) is 5.47. The second-order valence-electron chi connectivity index (χ2n) is 7.65. The highest BCUT2D eigenvalue weighted by Crippen LogP contribution is 2.25. The van der Waals surface area contributed by atoms with Gasteiger partial charge in [0.1, 0.15) is 6.04 Å². The molecule has 7 heteroatoms. The monoisotopic (exact) mass is 425 g/mol. The molecule has 0 saturated carbocycles. The second kappa shape index (κ2) is 8.71. The van der Waals surface area contributed by atoms with Crippen molar-refractivity contribution in [3.05, 3.63) is 75.7 Å². The maximum absolute atomic E-state index is 13.0. The number of anilines is 1. The van der Waals surface area contributed by atoms with Crippen molar-refractivity contribution in [2.75, 3.05) is 5.32 Å². The van der Waals surface area contributed by atoms with Crippen molar-refractivity contribution in [1.82, 2.24) is 4.57 Å². The number of benzene rings is 2. The zero-order valence-electron chi connectivity index (χ0n) is 17.1. The lowest BCUT2D eigenvalue weighted by Crippen LogP contribution is -2.36. The number of rotatable bonds is 6. The molecule has 0 fully saturated rings. The summed E-state index contributed by atoms with van der Waals surface area (Å²) >= 11 is 5.92. The van der Waals surface area contributed by atoms with Crippen molar-refractivity contribution in [2.24, 2.45) is 11.7 Å². The number of hydrogen-bond donors (Lipinski definition) is 2. The average Bonchev–Trinajstić information content (AvgIpc) is 2.70. The highest BCUT2D eigenvalue weighted by atomic mass is 35.5. The van der Waals surface area contributed by atoms with Crippen molar-refractivity contribution >= 4 is 39.9 Å². The van der Waals surface area contributed by atoms with Gasteiger partial charge in [-0.3, -0.25) is 14.4 Å². The molecule has 3 aromatic rings. The molecule has 0 unspecified atom stereocenters. The fourth-order valence-corrected chi connectivity index (χ4v) is 3.68. The van der Waals surface area contributed by atoms with E-state index in [0.29, 0.717) is 21.5 Å². The van der Waals surface area contributed by atoms with Crippen LogP contribution in [0.1, 0.15) is 38.3 Å². The summed E-state index contributed by atoms with van der Waals surface area (Å²) in [5.41, 5.74) is 6.55. The van der Waals surface area contributed by atoms with E-state index in [1.165, 1.54) is 4.57 Å². The molecule has 2 amide bonds. The smallest absolute Gasteiger partial charge is 0.259 e. The number of nitrogens with zero attached hydrogens (tertiary/aromatic N) is 1. The van der Waals surface area contributed by atoms with Gasteiger partial charge in [0, 0.05) is 27.7 Å². The zero-order chi connectivity index (χ0) is 22.0. The Morgan fingerprint density at radius 2 is 1.67 bits per heavy atom. The van der Waals surface area contributed by atoms with Crippen LogP contribution in [0.4, 0.5) is 5.69 Å². The van der Waals surface area contributed by atoms with Crippen LogP contribution >= 0.6 is 11.6 Å². The molecule has 3 rings (SSSR count). The second-order valence-corrected chi connectivity index (χ2v) is 8.09. The summed E-state index contributed by atoms with van der Waals surface area (Å²) in [4.78, 5) is 37.7. The van der Waals surface area contributed by atoms with E-state index in [-0.39, 0.29) is 17.4 Å². The molecule has 3 N–H and O–H groups in total. The van der Waals surface area contributed by atoms with Crippen LogP contribution in [0, 0.1) is 5.92 Å². The minimum absolute atomic E-state index is 0.138. The number of amides is 2. The number of nitrogens with one attached hydrogen (secondary N) is 1. The van der Waals surface area contributed by atoms with Gasteiger partial charge in [0.15, 0.2) is 0 Å². The van der Waals surface area contributed by atoms with E-state index in [9.17, 15) is 14.4 Å². The number of hydrogen-bond acceptors (Lipinski definition) is 3. The lowest BCUT2D eigenvalue weighted by molar-refractivity contribution is -0.122. The van der Waals surface area contributed by atoms with Crippen molar-refractivity contribution in [3.8, 4) is 0 Å². The van der Waals surface area contributed by atoms with Crippen LogP contribution < -0.4 is 16.6 Å². The molecule has 2 aromatic carbocycles. The molecule has 0 saturated heterocycles. The minimum Gasteiger partial charge on any atom is -0.368 e. The number of pyridine rings is 1. The van der Waals surface area contributed by atoms with Crippen molar-refractivity contribution in [3.63, 3.8) is 0 Å². The van der Waals surface area contributed by atoms with E-state index in [0.717, 1.165) is 5.56 Å². The van der Waals surface area contributed by atoms with Crippen LogP contribution in [0.5, 0.6) is 0 Å². The highest BCUT2D eigenvalue weighted by Gasteiger charge is 2.23. The fourth-order valence-electron chi connectivity index (χ4n) is 3.55. The summed E-state index contributed by atoms with van der Waals surface area (Å²) in [7, 11) is 0. The van der Waals surface area contributed by atoms with Gasteiger partial charge >= 0.3 is 0 Å². The van der Waals surface area contributed by atoms with Gasteiger partial charge in [0.05, 0.1) is 5.92 Å². The van der Waals surface area contributed by atoms with E-state index in [4.69, 9.17) is 17.3 Å². The van der Waals surface area contributed by atoms with Gasteiger partial charge in [0.2, 0.25) is 11.8 Å². The number of aromatic nitrogens is 1. The Hall–Kier alpha value is -3.12. The van der Waals surface area contributed by atoms with E-state index >= 15 is 0 Å². The van der Waals surface area contributed by atoms with Crippen molar-refractivity contribution in [2.45, 2.75) is 32.7 Å². The topological polar surface area (TPSA) is 94.2 Å².